The van der Waals surface area contributed by atoms with Crippen molar-refractivity contribution < 1.29 is 0 Å². The van der Waals surface area contributed by atoms with E-state index in [1.165, 1.54) is 37.8 Å². The van der Waals surface area contributed by atoms with Crippen LogP contribution in [0.5, 0.6) is 0 Å². The van der Waals surface area contributed by atoms with E-state index in [-0.39, 0.29) is 5.54 Å². The van der Waals surface area contributed by atoms with Crippen LogP contribution < -0.4 is 5.73 Å². The minimum Gasteiger partial charge on any atom is -0.320 e. The Balaban J connectivity index is 2.12. The zero-order valence-electron chi connectivity index (χ0n) is 9.62. The summed E-state index contributed by atoms with van der Waals surface area (Å²) in [7, 11) is 0. The van der Waals surface area contributed by atoms with E-state index < -0.39 is 0 Å². The molecule has 15 heavy (non-hydrogen) atoms. The normalized spacial score (nSPS) is 19.4. The summed E-state index contributed by atoms with van der Waals surface area (Å²) in [4.78, 5) is 4.70. The fourth-order valence-electron chi connectivity index (χ4n) is 2.17. The van der Waals surface area contributed by atoms with Gasteiger partial charge in [-0.05, 0) is 26.7 Å². The molecule has 2 N–H and O–H groups in total. The predicted octanol–water partition coefficient (Wildman–Crippen LogP) is 3.38. The number of hydrogen-bond donors (Lipinski definition) is 1. The number of aromatic nitrogens is 1. The molecule has 0 saturated heterocycles. The van der Waals surface area contributed by atoms with Crippen molar-refractivity contribution in [2.45, 2.75) is 57.4 Å². The van der Waals surface area contributed by atoms with Crippen LogP contribution in [0.25, 0.3) is 0 Å². The van der Waals surface area contributed by atoms with Gasteiger partial charge >= 0.3 is 0 Å². The summed E-state index contributed by atoms with van der Waals surface area (Å²) in [6, 6.07) is 0. The van der Waals surface area contributed by atoms with Crippen LogP contribution in [0.1, 0.15) is 62.6 Å². The largest absolute Gasteiger partial charge is 0.320 e. The van der Waals surface area contributed by atoms with Crippen molar-refractivity contribution in [1.82, 2.24) is 4.98 Å². The van der Waals surface area contributed by atoms with E-state index in [1.807, 2.05) is 13.8 Å². The first-order valence-corrected chi connectivity index (χ1v) is 6.70. The maximum Gasteiger partial charge on any atom is 0.112 e. The molecule has 0 unspecified atom stereocenters. The van der Waals surface area contributed by atoms with Gasteiger partial charge < -0.3 is 5.73 Å². The molecule has 84 valence electrons. The second-order valence-electron chi connectivity index (χ2n) is 5.13. The Morgan fingerprint density at radius 1 is 1.33 bits per heavy atom. The molecule has 1 aliphatic rings. The Kier molecular flexibility index (Phi) is 3.12. The van der Waals surface area contributed by atoms with Crippen molar-refractivity contribution in [2.75, 3.05) is 0 Å². The van der Waals surface area contributed by atoms with Gasteiger partial charge in [0.15, 0.2) is 0 Å². The van der Waals surface area contributed by atoms with Crippen LogP contribution >= 0.6 is 11.3 Å². The molecule has 0 bridgehead atoms. The topological polar surface area (TPSA) is 38.9 Å². The average Bonchev–Trinajstić information content (AvgIpc) is 2.67. The molecule has 0 spiro atoms. The molecule has 1 saturated carbocycles. The second-order valence-corrected chi connectivity index (χ2v) is 5.99. The van der Waals surface area contributed by atoms with Crippen LogP contribution in [0.3, 0.4) is 0 Å². The number of rotatable bonds is 2. The first-order chi connectivity index (χ1) is 7.07. The van der Waals surface area contributed by atoms with Crippen LogP contribution in [-0.4, -0.2) is 4.98 Å². The lowest BCUT2D eigenvalue weighted by atomic mass is 9.87. The van der Waals surface area contributed by atoms with Gasteiger partial charge in [-0.3, -0.25) is 0 Å². The third kappa shape index (κ3) is 2.58. The molecule has 1 heterocycles. The van der Waals surface area contributed by atoms with Crippen LogP contribution in [0.15, 0.2) is 5.38 Å². The van der Waals surface area contributed by atoms with Crippen molar-refractivity contribution in [3.05, 3.63) is 16.1 Å². The quantitative estimate of drug-likeness (QED) is 0.836. The second kappa shape index (κ2) is 4.22. The van der Waals surface area contributed by atoms with E-state index in [2.05, 4.69) is 5.38 Å². The molecule has 2 nitrogen and oxygen atoms in total. The SMILES string of the molecule is CC(C)(N)c1nc(C2CCCCC2)cs1. The first kappa shape index (κ1) is 11.1. The van der Waals surface area contributed by atoms with Crippen LogP contribution in [0.4, 0.5) is 0 Å². The maximum absolute atomic E-state index is 6.05. The summed E-state index contributed by atoms with van der Waals surface area (Å²) in [6.07, 6.45) is 6.76. The molecule has 2 rings (SSSR count). The molecule has 1 fully saturated rings. The van der Waals surface area contributed by atoms with Gasteiger partial charge in [-0.2, -0.15) is 0 Å². The zero-order chi connectivity index (χ0) is 10.9. The van der Waals surface area contributed by atoms with Crippen LogP contribution in [0, 0.1) is 0 Å². The molecule has 1 aromatic heterocycles. The lowest BCUT2D eigenvalue weighted by Crippen LogP contribution is -2.28. The first-order valence-electron chi connectivity index (χ1n) is 5.82. The average molecular weight is 224 g/mol. The van der Waals surface area contributed by atoms with E-state index in [4.69, 9.17) is 10.7 Å². The van der Waals surface area contributed by atoms with Gasteiger partial charge in [-0.1, -0.05) is 19.3 Å². The van der Waals surface area contributed by atoms with Crippen LogP contribution in [-0.2, 0) is 5.54 Å². The lowest BCUT2D eigenvalue weighted by molar-refractivity contribution is 0.435. The highest BCUT2D eigenvalue weighted by molar-refractivity contribution is 7.09. The molecule has 0 atom stereocenters. The summed E-state index contributed by atoms with van der Waals surface area (Å²) in [5, 5.41) is 3.28. The van der Waals surface area contributed by atoms with E-state index in [1.54, 1.807) is 11.3 Å². The Hall–Kier alpha value is -0.410. The van der Waals surface area contributed by atoms with Crippen molar-refractivity contribution >= 4 is 11.3 Å². The number of nitrogens with two attached hydrogens (primary N) is 1. The number of thiazole rings is 1. The minimum absolute atomic E-state index is 0.280. The fourth-order valence-corrected chi connectivity index (χ4v) is 3.11. The molecular formula is C12H20N2S. The number of hydrogen-bond acceptors (Lipinski definition) is 3. The summed E-state index contributed by atoms with van der Waals surface area (Å²) in [5.41, 5.74) is 7.05. The minimum atomic E-state index is -0.280. The summed E-state index contributed by atoms with van der Waals surface area (Å²) in [5.74, 6) is 0.700. The van der Waals surface area contributed by atoms with Gasteiger partial charge in [0, 0.05) is 11.3 Å². The molecule has 1 aliphatic carbocycles. The Labute approximate surface area is 95.9 Å². The molecule has 0 aliphatic heterocycles. The molecule has 0 amide bonds. The molecule has 1 aromatic rings. The number of nitrogens with zero attached hydrogens (tertiary/aromatic N) is 1. The molecule has 0 aromatic carbocycles. The van der Waals surface area contributed by atoms with Crippen molar-refractivity contribution in [2.24, 2.45) is 5.73 Å². The summed E-state index contributed by atoms with van der Waals surface area (Å²) in [6.45, 7) is 4.05. The molecule has 0 radical (unpaired) electrons. The van der Waals surface area contributed by atoms with Crippen LogP contribution in [0.2, 0.25) is 0 Å². The van der Waals surface area contributed by atoms with Crippen molar-refractivity contribution in [1.29, 1.82) is 0 Å². The van der Waals surface area contributed by atoms with Gasteiger partial charge in [0.1, 0.15) is 5.01 Å². The Bertz CT molecular complexity index is 319. The van der Waals surface area contributed by atoms with Gasteiger partial charge in [-0.25, -0.2) is 4.98 Å². The standard InChI is InChI=1S/C12H20N2S/c1-12(2,13)11-14-10(8-15-11)9-6-4-3-5-7-9/h8-9H,3-7,13H2,1-2H3. The van der Waals surface area contributed by atoms with E-state index >= 15 is 0 Å². The smallest absolute Gasteiger partial charge is 0.112 e. The highest BCUT2D eigenvalue weighted by Crippen LogP contribution is 2.34. The third-order valence-corrected chi connectivity index (χ3v) is 4.30. The highest BCUT2D eigenvalue weighted by Gasteiger charge is 2.22. The zero-order valence-corrected chi connectivity index (χ0v) is 10.4. The Morgan fingerprint density at radius 3 is 2.53 bits per heavy atom. The monoisotopic (exact) mass is 224 g/mol. The fraction of sp³-hybridized carbons (Fsp3) is 0.750. The van der Waals surface area contributed by atoms with Crippen molar-refractivity contribution in [3.63, 3.8) is 0 Å². The Morgan fingerprint density at radius 2 is 2.00 bits per heavy atom. The highest BCUT2D eigenvalue weighted by atomic mass is 32.1. The van der Waals surface area contributed by atoms with E-state index in [9.17, 15) is 0 Å². The maximum atomic E-state index is 6.05. The molecule has 3 heteroatoms. The predicted molar refractivity (Wildman–Crippen MR) is 65.2 cm³/mol. The third-order valence-electron chi connectivity index (χ3n) is 3.10. The van der Waals surface area contributed by atoms with Gasteiger partial charge in [0.25, 0.3) is 0 Å². The van der Waals surface area contributed by atoms with E-state index in [0.717, 1.165) is 5.01 Å². The lowest BCUT2D eigenvalue weighted by Gasteiger charge is -2.20. The van der Waals surface area contributed by atoms with E-state index in [0.29, 0.717) is 5.92 Å². The van der Waals surface area contributed by atoms with Crippen molar-refractivity contribution in [3.8, 4) is 0 Å². The molecular weight excluding hydrogens is 204 g/mol. The summed E-state index contributed by atoms with van der Waals surface area (Å²) >= 11 is 1.71. The summed E-state index contributed by atoms with van der Waals surface area (Å²) < 4.78 is 0. The van der Waals surface area contributed by atoms with Gasteiger partial charge in [0.2, 0.25) is 0 Å². The van der Waals surface area contributed by atoms with Gasteiger partial charge in [-0.15, -0.1) is 11.3 Å². The van der Waals surface area contributed by atoms with Gasteiger partial charge in [0.05, 0.1) is 11.2 Å².